The van der Waals surface area contributed by atoms with Gasteiger partial charge >= 0.3 is 0 Å². The first-order chi connectivity index (χ1) is 7.91. The zero-order valence-corrected chi connectivity index (χ0v) is 11.1. The van der Waals surface area contributed by atoms with Crippen LogP contribution in [0.5, 0.6) is 0 Å². The molecule has 0 fully saturated rings. The van der Waals surface area contributed by atoms with Crippen molar-refractivity contribution in [3.63, 3.8) is 0 Å². The van der Waals surface area contributed by atoms with Crippen molar-refractivity contribution in [3.05, 3.63) is 34.9 Å². The maximum atomic E-state index is 12.2. The van der Waals surface area contributed by atoms with E-state index >= 15 is 0 Å². The predicted molar refractivity (Wildman–Crippen MR) is 71.1 cm³/mol. The van der Waals surface area contributed by atoms with Crippen LogP contribution >= 0.6 is 0 Å². The summed E-state index contributed by atoms with van der Waals surface area (Å²) in [4.78, 5) is 12.2. The van der Waals surface area contributed by atoms with Crippen molar-refractivity contribution >= 4 is 5.91 Å². The summed E-state index contributed by atoms with van der Waals surface area (Å²) in [7, 11) is 0. The second-order valence-electron chi connectivity index (χ2n) is 4.89. The van der Waals surface area contributed by atoms with Gasteiger partial charge in [-0.3, -0.25) is 4.79 Å². The zero-order chi connectivity index (χ0) is 13.1. The molecule has 1 aromatic carbocycles. The molecule has 1 atom stereocenters. The summed E-state index contributed by atoms with van der Waals surface area (Å²) < 4.78 is 0. The lowest BCUT2D eigenvalue weighted by Gasteiger charge is -2.28. The van der Waals surface area contributed by atoms with Crippen LogP contribution in [0, 0.1) is 13.8 Å². The normalized spacial score (nSPS) is 14.2. The van der Waals surface area contributed by atoms with E-state index in [9.17, 15) is 4.79 Å². The van der Waals surface area contributed by atoms with Crippen molar-refractivity contribution in [3.8, 4) is 0 Å². The quantitative estimate of drug-likeness (QED) is 0.838. The third kappa shape index (κ3) is 3.30. The molecule has 0 saturated heterocycles. The first kappa shape index (κ1) is 13.7. The Bertz CT molecular complexity index is 409. The van der Waals surface area contributed by atoms with Crippen molar-refractivity contribution in [2.45, 2.75) is 39.7 Å². The maximum absolute atomic E-state index is 12.2. The van der Waals surface area contributed by atoms with E-state index in [-0.39, 0.29) is 11.4 Å². The van der Waals surface area contributed by atoms with Crippen LogP contribution in [0.4, 0.5) is 0 Å². The van der Waals surface area contributed by atoms with Gasteiger partial charge in [0.1, 0.15) is 0 Å². The fourth-order valence-corrected chi connectivity index (χ4v) is 1.61. The number of benzene rings is 1. The molecule has 0 aliphatic rings. The number of carbonyl (C=O) groups is 1. The summed E-state index contributed by atoms with van der Waals surface area (Å²) in [6.45, 7) is 8.37. The van der Waals surface area contributed by atoms with Gasteiger partial charge in [-0.1, -0.05) is 24.6 Å². The zero-order valence-electron chi connectivity index (χ0n) is 11.1. The molecule has 0 radical (unpaired) electrons. The van der Waals surface area contributed by atoms with Crippen LogP contribution < -0.4 is 11.1 Å². The summed E-state index contributed by atoms with van der Waals surface area (Å²) in [5, 5.41) is 3.01. The van der Waals surface area contributed by atoms with Gasteiger partial charge in [0.05, 0.1) is 0 Å². The van der Waals surface area contributed by atoms with Gasteiger partial charge in [0.15, 0.2) is 0 Å². The smallest absolute Gasteiger partial charge is 0.252 e. The van der Waals surface area contributed by atoms with E-state index in [4.69, 9.17) is 5.73 Å². The number of amides is 1. The highest BCUT2D eigenvalue weighted by Crippen LogP contribution is 2.13. The van der Waals surface area contributed by atoms with E-state index in [1.807, 2.05) is 45.9 Å². The number of rotatable bonds is 4. The molecule has 1 aromatic rings. The average Bonchev–Trinajstić information content (AvgIpc) is 2.32. The number of nitrogens with one attached hydrogen (secondary N) is 1. The lowest BCUT2D eigenvalue weighted by molar-refractivity contribution is 0.0906. The number of carbonyl (C=O) groups excluding carboxylic acids is 1. The minimum atomic E-state index is -0.326. The summed E-state index contributed by atoms with van der Waals surface area (Å²) in [6.07, 6.45) is 0.820. The molecule has 0 bridgehead atoms. The molecule has 0 aliphatic carbocycles. The lowest BCUT2D eigenvalue weighted by atomic mass is 9.97. The SMILES string of the molecule is CCC(C)(CN)NC(=O)c1cc(C)ccc1C. The molecule has 0 aromatic heterocycles. The van der Waals surface area contributed by atoms with Gasteiger partial charge in [-0.15, -0.1) is 0 Å². The van der Waals surface area contributed by atoms with E-state index in [1.54, 1.807) is 0 Å². The molecule has 17 heavy (non-hydrogen) atoms. The Morgan fingerprint density at radius 3 is 2.59 bits per heavy atom. The van der Waals surface area contributed by atoms with Crippen LogP contribution in [-0.4, -0.2) is 18.0 Å². The maximum Gasteiger partial charge on any atom is 0.252 e. The largest absolute Gasteiger partial charge is 0.346 e. The first-order valence-corrected chi connectivity index (χ1v) is 6.01. The third-order valence-corrected chi connectivity index (χ3v) is 3.28. The van der Waals surface area contributed by atoms with Crippen molar-refractivity contribution in [1.82, 2.24) is 5.32 Å². The molecule has 3 N–H and O–H groups in total. The fourth-order valence-electron chi connectivity index (χ4n) is 1.61. The highest BCUT2D eigenvalue weighted by molar-refractivity contribution is 5.96. The predicted octanol–water partition coefficient (Wildman–Crippen LogP) is 2.16. The van der Waals surface area contributed by atoms with Gasteiger partial charge in [-0.05, 0) is 38.8 Å². The number of hydrogen-bond donors (Lipinski definition) is 2. The Kier molecular flexibility index (Phi) is 4.29. The molecular formula is C14H22N2O. The topological polar surface area (TPSA) is 55.1 Å². The number of nitrogens with two attached hydrogens (primary N) is 1. The van der Waals surface area contributed by atoms with Gasteiger partial charge in [-0.25, -0.2) is 0 Å². The van der Waals surface area contributed by atoms with Crippen molar-refractivity contribution < 1.29 is 4.79 Å². The van der Waals surface area contributed by atoms with Gasteiger partial charge < -0.3 is 11.1 Å². The Balaban J connectivity index is 2.94. The minimum absolute atomic E-state index is 0.0407. The summed E-state index contributed by atoms with van der Waals surface area (Å²) in [5.41, 5.74) is 8.18. The van der Waals surface area contributed by atoms with Gasteiger partial charge in [0.2, 0.25) is 0 Å². The standard InChI is InChI=1S/C14H22N2O/c1-5-14(4,9-15)16-13(17)12-8-10(2)6-7-11(12)3/h6-8H,5,9,15H2,1-4H3,(H,16,17). The van der Waals surface area contributed by atoms with Gasteiger partial charge in [-0.2, -0.15) is 0 Å². The molecule has 1 amide bonds. The molecule has 0 spiro atoms. The molecular weight excluding hydrogens is 212 g/mol. The summed E-state index contributed by atoms with van der Waals surface area (Å²) >= 11 is 0. The van der Waals surface area contributed by atoms with Crippen LogP contribution in [0.2, 0.25) is 0 Å². The van der Waals surface area contributed by atoms with Crippen LogP contribution in [0.3, 0.4) is 0 Å². The van der Waals surface area contributed by atoms with Crippen molar-refractivity contribution in [2.24, 2.45) is 5.73 Å². The van der Waals surface area contributed by atoms with E-state index in [2.05, 4.69) is 5.32 Å². The molecule has 1 rings (SSSR count). The van der Waals surface area contributed by atoms with E-state index < -0.39 is 0 Å². The number of hydrogen-bond acceptors (Lipinski definition) is 2. The third-order valence-electron chi connectivity index (χ3n) is 3.28. The average molecular weight is 234 g/mol. The molecule has 0 aliphatic heterocycles. The Morgan fingerprint density at radius 2 is 2.06 bits per heavy atom. The molecule has 3 heteroatoms. The number of aryl methyl sites for hydroxylation is 2. The van der Waals surface area contributed by atoms with Crippen molar-refractivity contribution in [2.75, 3.05) is 6.54 Å². The monoisotopic (exact) mass is 234 g/mol. The Hall–Kier alpha value is -1.35. The van der Waals surface area contributed by atoms with E-state index in [0.717, 1.165) is 23.1 Å². The van der Waals surface area contributed by atoms with Crippen molar-refractivity contribution in [1.29, 1.82) is 0 Å². The molecule has 1 unspecified atom stereocenters. The second-order valence-corrected chi connectivity index (χ2v) is 4.89. The van der Waals surface area contributed by atoms with Gasteiger partial charge in [0, 0.05) is 17.6 Å². The highest BCUT2D eigenvalue weighted by Gasteiger charge is 2.23. The van der Waals surface area contributed by atoms with Crippen LogP contribution in [0.15, 0.2) is 18.2 Å². The van der Waals surface area contributed by atoms with Crippen LogP contribution in [0.25, 0.3) is 0 Å². The fraction of sp³-hybridized carbons (Fsp3) is 0.500. The van der Waals surface area contributed by atoms with Crippen LogP contribution in [-0.2, 0) is 0 Å². The molecule has 94 valence electrons. The van der Waals surface area contributed by atoms with Crippen LogP contribution in [0.1, 0.15) is 41.8 Å². The first-order valence-electron chi connectivity index (χ1n) is 6.01. The molecule has 0 heterocycles. The second kappa shape index (κ2) is 5.32. The Morgan fingerprint density at radius 1 is 1.41 bits per heavy atom. The van der Waals surface area contributed by atoms with E-state index in [0.29, 0.717) is 6.54 Å². The highest BCUT2D eigenvalue weighted by atomic mass is 16.1. The Labute approximate surface area is 103 Å². The molecule has 0 saturated carbocycles. The van der Waals surface area contributed by atoms with E-state index in [1.165, 1.54) is 0 Å². The summed E-state index contributed by atoms with van der Waals surface area (Å²) in [6, 6.07) is 5.89. The molecule has 3 nitrogen and oxygen atoms in total. The van der Waals surface area contributed by atoms with Gasteiger partial charge in [0.25, 0.3) is 5.91 Å². The minimum Gasteiger partial charge on any atom is -0.346 e. The summed E-state index contributed by atoms with van der Waals surface area (Å²) in [5.74, 6) is -0.0407. The lowest BCUT2D eigenvalue weighted by Crippen LogP contribution is -2.51.